The zero-order valence-electron chi connectivity index (χ0n) is 11.3. The van der Waals surface area contributed by atoms with Gasteiger partial charge in [0.25, 0.3) is 5.91 Å². The summed E-state index contributed by atoms with van der Waals surface area (Å²) in [5.41, 5.74) is 1.30. The number of nitrogens with zero attached hydrogens (tertiary/aromatic N) is 1. The van der Waals surface area contributed by atoms with Crippen molar-refractivity contribution in [2.45, 2.75) is 6.92 Å². The van der Waals surface area contributed by atoms with Crippen LogP contribution in [0.4, 0.5) is 0 Å². The monoisotopic (exact) mass is 263 g/mol. The molecular formula is C14H17NO4. The van der Waals surface area contributed by atoms with Crippen LogP contribution in [0.25, 0.3) is 6.08 Å². The van der Waals surface area contributed by atoms with E-state index >= 15 is 0 Å². The SMILES string of the molecule is CCOC(=O)c1ccc(/C=C/C(=O)N(C)OC)cc1. The summed E-state index contributed by atoms with van der Waals surface area (Å²) in [4.78, 5) is 27.6. The Balaban J connectivity index is 2.69. The van der Waals surface area contributed by atoms with Gasteiger partial charge in [-0.25, -0.2) is 9.86 Å². The first-order chi connectivity index (χ1) is 9.08. The molecule has 0 fully saturated rings. The third-order valence-corrected chi connectivity index (χ3v) is 2.42. The van der Waals surface area contributed by atoms with Crippen molar-refractivity contribution in [3.05, 3.63) is 41.5 Å². The van der Waals surface area contributed by atoms with Gasteiger partial charge < -0.3 is 4.74 Å². The van der Waals surface area contributed by atoms with Gasteiger partial charge in [0.05, 0.1) is 19.3 Å². The summed E-state index contributed by atoms with van der Waals surface area (Å²) in [7, 11) is 2.94. The Morgan fingerprint density at radius 2 is 1.89 bits per heavy atom. The van der Waals surface area contributed by atoms with Crippen molar-refractivity contribution in [1.29, 1.82) is 0 Å². The summed E-state index contributed by atoms with van der Waals surface area (Å²) in [6.45, 7) is 2.10. The maximum atomic E-state index is 11.4. The normalized spacial score (nSPS) is 10.5. The number of likely N-dealkylation sites (N-methyl/N-ethyl adjacent to an activating group) is 1. The first-order valence-corrected chi connectivity index (χ1v) is 5.85. The van der Waals surface area contributed by atoms with Crippen molar-refractivity contribution in [2.24, 2.45) is 0 Å². The molecular weight excluding hydrogens is 246 g/mol. The number of carbonyl (C=O) groups is 2. The van der Waals surface area contributed by atoms with Gasteiger partial charge in [-0.15, -0.1) is 0 Å². The predicted octanol–water partition coefficient (Wildman–Crippen LogP) is 1.90. The van der Waals surface area contributed by atoms with E-state index in [4.69, 9.17) is 9.57 Å². The number of rotatable bonds is 5. The molecule has 0 atom stereocenters. The highest BCUT2D eigenvalue weighted by atomic mass is 16.7. The zero-order chi connectivity index (χ0) is 14.3. The fourth-order valence-electron chi connectivity index (χ4n) is 1.31. The maximum Gasteiger partial charge on any atom is 0.338 e. The van der Waals surface area contributed by atoms with Crippen LogP contribution in [0.1, 0.15) is 22.8 Å². The second-order valence-electron chi connectivity index (χ2n) is 3.69. The second kappa shape index (κ2) is 7.33. The number of hydroxylamine groups is 2. The molecule has 0 N–H and O–H groups in total. The molecule has 0 aliphatic carbocycles. The molecule has 0 bridgehead atoms. The van der Waals surface area contributed by atoms with Crippen LogP contribution in [0.3, 0.4) is 0 Å². The number of esters is 1. The molecule has 0 unspecified atom stereocenters. The fraction of sp³-hybridized carbons (Fsp3) is 0.286. The van der Waals surface area contributed by atoms with Crippen molar-refractivity contribution in [3.63, 3.8) is 0 Å². The Bertz CT molecular complexity index is 465. The molecule has 0 saturated heterocycles. The number of benzene rings is 1. The number of ether oxygens (including phenoxy) is 1. The fourth-order valence-corrected chi connectivity index (χ4v) is 1.31. The molecule has 5 nitrogen and oxygen atoms in total. The Morgan fingerprint density at radius 3 is 2.42 bits per heavy atom. The lowest BCUT2D eigenvalue weighted by atomic mass is 10.1. The second-order valence-corrected chi connectivity index (χ2v) is 3.69. The third kappa shape index (κ3) is 4.56. The van der Waals surface area contributed by atoms with Crippen molar-refractivity contribution < 1.29 is 19.2 Å². The predicted molar refractivity (Wildman–Crippen MR) is 71.2 cm³/mol. The Kier molecular flexibility index (Phi) is 5.75. The standard InChI is InChI=1S/C14H17NO4/c1-4-19-14(17)12-8-5-11(6-9-12)7-10-13(16)15(2)18-3/h5-10H,4H2,1-3H3/b10-7+. The molecule has 102 valence electrons. The largest absolute Gasteiger partial charge is 0.462 e. The minimum Gasteiger partial charge on any atom is -0.462 e. The lowest BCUT2D eigenvalue weighted by Crippen LogP contribution is -2.22. The molecule has 0 heterocycles. The van der Waals surface area contributed by atoms with Crippen LogP contribution in [0.5, 0.6) is 0 Å². The summed E-state index contributed by atoms with van der Waals surface area (Å²) in [5, 5.41) is 1.11. The maximum absolute atomic E-state index is 11.4. The van der Waals surface area contributed by atoms with Gasteiger partial charge in [-0.2, -0.15) is 0 Å². The van der Waals surface area contributed by atoms with E-state index in [1.807, 2.05) is 0 Å². The van der Waals surface area contributed by atoms with Gasteiger partial charge in [0.15, 0.2) is 0 Å². The topological polar surface area (TPSA) is 55.8 Å². The van der Waals surface area contributed by atoms with E-state index in [1.54, 1.807) is 37.3 Å². The Labute approximate surface area is 112 Å². The summed E-state index contributed by atoms with van der Waals surface area (Å²) >= 11 is 0. The van der Waals surface area contributed by atoms with E-state index < -0.39 is 0 Å². The average Bonchev–Trinajstić information content (AvgIpc) is 2.44. The molecule has 5 heteroatoms. The highest BCUT2D eigenvalue weighted by molar-refractivity contribution is 5.92. The summed E-state index contributed by atoms with van der Waals surface area (Å²) < 4.78 is 4.88. The van der Waals surface area contributed by atoms with E-state index in [2.05, 4.69) is 0 Å². The number of carbonyl (C=O) groups excluding carboxylic acids is 2. The van der Waals surface area contributed by atoms with Gasteiger partial charge >= 0.3 is 5.97 Å². The van der Waals surface area contributed by atoms with Crippen LogP contribution in [0.15, 0.2) is 30.3 Å². The molecule has 0 radical (unpaired) electrons. The van der Waals surface area contributed by atoms with E-state index in [0.29, 0.717) is 12.2 Å². The van der Waals surface area contributed by atoms with Gasteiger partial charge in [0.1, 0.15) is 0 Å². The molecule has 19 heavy (non-hydrogen) atoms. The van der Waals surface area contributed by atoms with Crippen LogP contribution < -0.4 is 0 Å². The number of amides is 1. The van der Waals surface area contributed by atoms with E-state index in [0.717, 1.165) is 10.6 Å². The minimum atomic E-state index is -0.353. The molecule has 0 aliphatic heterocycles. The summed E-state index contributed by atoms with van der Waals surface area (Å²) in [6, 6.07) is 6.79. The first kappa shape index (κ1) is 14.9. The summed E-state index contributed by atoms with van der Waals surface area (Å²) in [5.74, 6) is -0.620. The lowest BCUT2D eigenvalue weighted by Gasteiger charge is -2.09. The molecule has 0 spiro atoms. The lowest BCUT2D eigenvalue weighted by molar-refractivity contribution is -0.162. The smallest absolute Gasteiger partial charge is 0.338 e. The van der Waals surface area contributed by atoms with Crippen LogP contribution in [-0.4, -0.2) is 37.7 Å². The van der Waals surface area contributed by atoms with Gasteiger partial charge in [-0.1, -0.05) is 12.1 Å². The van der Waals surface area contributed by atoms with E-state index in [-0.39, 0.29) is 11.9 Å². The van der Waals surface area contributed by atoms with Crippen LogP contribution in [0, 0.1) is 0 Å². The molecule has 1 amide bonds. The van der Waals surface area contributed by atoms with Crippen LogP contribution >= 0.6 is 0 Å². The van der Waals surface area contributed by atoms with Crippen molar-refractivity contribution in [2.75, 3.05) is 20.8 Å². The Hall–Kier alpha value is -2.14. The highest BCUT2D eigenvalue weighted by Crippen LogP contribution is 2.08. The molecule has 0 aromatic heterocycles. The molecule has 0 saturated carbocycles. The first-order valence-electron chi connectivity index (χ1n) is 5.85. The zero-order valence-corrected chi connectivity index (χ0v) is 11.3. The minimum absolute atomic E-state index is 0.267. The van der Waals surface area contributed by atoms with Crippen LogP contribution in [0.2, 0.25) is 0 Å². The highest BCUT2D eigenvalue weighted by Gasteiger charge is 2.05. The van der Waals surface area contributed by atoms with E-state index in [1.165, 1.54) is 20.2 Å². The quantitative estimate of drug-likeness (QED) is 0.462. The molecule has 1 aromatic carbocycles. The van der Waals surface area contributed by atoms with E-state index in [9.17, 15) is 9.59 Å². The third-order valence-electron chi connectivity index (χ3n) is 2.42. The molecule has 1 aromatic rings. The Morgan fingerprint density at radius 1 is 1.26 bits per heavy atom. The molecule has 0 aliphatic rings. The molecule has 1 rings (SSSR count). The van der Waals surface area contributed by atoms with Crippen molar-refractivity contribution in [1.82, 2.24) is 5.06 Å². The van der Waals surface area contributed by atoms with Crippen molar-refractivity contribution in [3.8, 4) is 0 Å². The van der Waals surface area contributed by atoms with Gasteiger partial charge in [-0.05, 0) is 30.7 Å². The van der Waals surface area contributed by atoms with Crippen LogP contribution in [-0.2, 0) is 14.4 Å². The number of hydrogen-bond donors (Lipinski definition) is 0. The van der Waals surface area contributed by atoms with Crippen molar-refractivity contribution >= 4 is 18.0 Å². The number of hydrogen-bond acceptors (Lipinski definition) is 4. The van der Waals surface area contributed by atoms with Gasteiger partial charge in [0, 0.05) is 13.1 Å². The summed E-state index contributed by atoms with van der Waals surface area (Å²) in [6.07, 6.45) is 3.04. The average molecular weight is 263 g/mol. The van der Waals surface area contributed by atoms with Gasteiger partial charge in [0.2, 0.25) is 0 Å². The van der Waals surface area contributed by atoms with Gasteiger partial charge in [-0.3, -0.25) is 9.63 Å².